The highest BCUT2D eigenvalue weighted by atomic mass is 16.2. The van der Waals surface area contributed by atoms with Crippen LogP contribution < -0.4 is 16.0 Å². The van der Waals surface area contributed by atoms with Gasteiger partial charge in [0.1, 0.15) is 0 Å². The van der Waals surface area contributed by atoms with Crippen molar-refractivity contribution >= 4 is 11.8 Å². The van der Waals surface area contributed by atoms with Crippen LogP contribution in [0.15, 0.2) is 48.6 Å². The lowest BCUT2D eigenvalue weighted by Crippen LogP contribution is -2.36. The lowest BCUT2D eigenvalue weighted by molar-refractivity contribution is -0.121. The zero-order valence-electron chi connectivity index (χ0n) is 29.7. The SMILES string of the molecule is CCCCCC=CCC=CCCCCCCCC(=O)NCCNCCNC(=O)CCCCCCCC=CCC=CCCCCC. The Bertz CT molecular complexity index is 695. The van der Waals surface area contributed by atoms with E-state index in [0.717, 1.165) is 64.5 Å². The third-order valence-electron chi connectivity index (χ3n) is 7.96. The Labute approximate surface area is 279 Å². The van der Waals surface area contributed by atoms with Crippen molar-refractivity contribution in [3.05, 3.63) is 48.6 Å². The van der Waals surface area contributed by atoms with E-state index in [1.807, 2.05) is 0 Å². The summed E-state index contributed by atoms with van der Waals surface area (Å²) < 4.78 is 0. The predicted molar refractivity (Wildman–Crippen MR) is 198 cm³/mol. The molecular weight excluding hydrogens is 554 g/mol. The third-order valence-corrected chi connectivity index (χ3v) is 7.96. The van der Waals surface area contributed by atoms with E-state index in [4.69, 9.17) is 0 Å². The van der Waals surface area contributed by atoms with Gasteiger partial charge in [0.05, 0.1) is 0 Å². The Kier molecular flexibility index (Phi) is 36.2. The molecular formula is C40H73N3O2. The van der Waals surface area contributed by atoms with Crippen LogP contribution in [0, 0.1) is 0 Å². The number of hydrogen-bond acceptors (Lipinski definition) is 3. The molecule has 45 heavy (non-hydrogen) atoms. The van der Waals surface area contributed by atoms with Crippen LogP contribution in [0.1, 0.15) is 168 Å². The first-order valence-electron chi connectivity index (χ1n) is 19.0. The fourth-order valence-electron chi connectivity index (χ4n) is 5.08. The maximum absolute atomic E-state index is 12.0. The first-order valence-corrected chi connectivity index (χ1v) is 19.0. The summed E-state index contributed by atoms with van der Waals surface area (Å²) in [6, 6.07) is 0. The van der Waals surface area contributed by atoms with Gasteiger partial charge in [-0.1, -0.05) is 127 Å². The monoisotopic (exact) mass is 628 g/mol. The summed E-state index contributed by atoms with van der Waals surface area (Å²) in [5.41, 5.74) is 0. The van der Waals surface area contributed by atoms with Gasteiger partial charge >= 0.3 is 0 Å². The topological polar surface area (TPSA) is 70.2 Å². The molecule has 0 bridgehead atoms. The van der Waals surface area contributed by atoms with Crippen LogP contribution in [0.5, 0.6) is 0 Å². The second-order valence-electron chi connectivity index (χ2n) is 12.4. The molecule has 0 heterocycles. The molecule has 0 saturated heterocycles. The largest absolute Gasteiger partial charge is 0.355 e. The highest BCUT2D eigenvalue weighted by Crippen LogP contribution is 2.09. The van der Waals surface area contributed by atoms with Crippen LogP contribution in [0.25, 0.3) is 0 Å². The molecule has 5 nitrogen and oxygen atoms in total. The van der Waals surface area contributed by atoms with Crippen molar-refractivity contribution in [2.24, 2.45) is 0 Å². The van der Waals surface area contributed by atoms with Gasteiger partial charge in [-0.2, -0.15) is 0 Å². The van der Waals surface area contributed by atoms with E-state index in [-0.39, 0.29) is 11.8 Å². The van der Waals surface area contributed by atoms with E-state index < -0.39 is 0 Å². The second-order valence-corrected chi connectivity index (χ2v) is 12.4. The molecule has 0 aromatic heterocycles. The Balaban J connectivity index is 3.36. The molecule has 0 aliphatic carbocycles. The zero-order valence-corrected chi connectivity index (χ0v) is 29.7. The van der Waals surface area contributed by atoms with E-state index in [1.165, 1.54) is 89.9 Å². The molecule has 0 atom stereocenters. The minimum atomic E-state index is 0.146. The van der Waals surface area contributed by atoms with Gasteiger partial charge in [-0.15, -0.1) is 0 Å². The Hall–Kier alpha value is -2.14. The molecule has 0 rings (SSSR count). The number of hydrogen-bond donors (Lipinski definition) is 3. The minimum absolute atomic E-state index is 0.146. The third kappa shape index (κ3) is 38.0. The summed E-state index contributed by atoms with van der Waals surface area (Å²) in [4.78, 5) is 24.0. The summed E-state index contributed by atoms with van der Waals surface area (Å²) in [7, 11) is 0. The van der Waals surface area contributed by atoms with Gasteiger partial charge in [-0.05, 0) is 77.0 Å². The van der Waals surface area contributed by atoms with E-state index >= 15 is 0 Å². The van der Waals surface area contributed by atoms with Crippen LogP contribution >= 0.6 is 0 Å². The number of unbranched alkanes of at least 4 members (excludes halogenated alkanes) is 16. The average molecular weight is 628 g/mol. The van der Waals surface area contributed by atoms with Crippen molar-refractivity contribution in [1.29, 1.82) is 0 Å². The molecule has 0 radical (unpaired) electrons. The van der Waals surface area contributed by atoms with Crippen LogP contribution in [0.3, 0.4) is 0 Å². The average Bonchev–Trinajstić information content (AvgIpc) is 3.04. The van der Waals surface area contributed by atoms with Crippen molar-refractivity contribution in [3.63, 3.8) is 0 Å². The smallest absolute Gasteiger partial charge is 0.220 e. The second kappa shape index (κ2) is 38.0. The van der Waals surface area contributed by atoms with Crippen molar-refractivity contribution in [3.8, 4) is 0 Å². The summed E-state index contributed by atoms with van der Waals surface area (Å²) >= 11 is 0. The van der Waals surface area contributed by atoms with E-state index in [1.54, 1.807) is 0 Å². The van der Waals surface area contributed by atoms with Crippen LogP contribution in [-0.2, 0) is 9.59 Å². The van der Waals surface area contributed by atoms with Gasteiger partial charge < -0.3 is 16.0 Å². The molecule has 0 aliphatic rings. The molecule has 0 saturated carbocycles. The molecule has 0 unspecified atom stereocenters. The number of nitrogens with one attached hydrogen (secondary N) is 3. The predicted octanol–water partition coefficient (Wildman–Crippen LogP) is 10.4. The van der Waals surface area contributed by atoms with Gasteiger partial charge in [0, 0.05) is 39.0 Å². The van der Waals surface area contributed by atoms with Gasteiger partial charge in [-0.25, -0.2) is 0 Å². The lowest BCUT2D eigenvalue weighted by Gasteiger charge is -2.08. The fraction of sp³-hybridized carbons (Fsp3) is 0.750. The maximum atomic E-state index is 12.0. The standard InChI is InChI=1S/C40H73N3O2/c1-3-5-7-9-11-13-15-17-19-21-23-25-27-29-31-33-39(44)42-37-35-41-36-38-43-40(45)34-32-30-28-26-24-22-20-18-16-14-12-10-8-6-4-2/h11-14,17-20,41H,3-10,15-16,21-38H2,1-2H3,(H,42,44)(H,43,45). The van der Waals surface area contributed by atoms with Crippen LogP contribution in [0.4, 0.5) is 0 Å². The highest BCUT2D eigenvalue weighted by Gasteiger charge is 2.02. The van der Waals surface area contributed by atoms with Gasteiger partial charge in [0.25, 0.3) is 0 Å². The van der Waals surface area contributed by atoms with E-state index in [0.29, 0.717) is 25.9 Å². The number of carbonyl (C=O) groups is 2. The van der Waals surface area contributed by atoms with Crippen molar-refractivity contribution < 1.29 is 9.59 Å². The van der Waals surface area contributed by atoms with Crippen LogP contribution in [0.2, 0.25) is 0 Å². The molecule has 0 aliphatic heterocycles. The minimum Gasteiger partial charge on any atom is -0.355 e. The van der Waals surface area contributed by atoms with Crippen molar-refractivity contribution in [1.82, 2.24) is 16.0 Å². The first-order chi connectivity index (χ1) is 22.2. The fourth-order valence-corrected chi connectivity index (χ4v) is 5.08. The maximum Gasteiger partial charge on any atom is 0.220 e. The molecule has 260 valence electrons. The Morgan fingerprint density at radius 2 is 0.733 bits per heavy atom. The molecule has 0 spiro atoms. The first kappa shape index (κ1) is 42.9. The molecule has 3 N–H and O–H groups in total. The summed E-state index contributed by atoms with van der Waals surface area (Å²) in [5, 5.41) is 9.28. The summed E-state index contributed by atoms with van der Waals surface area (Å²) in [6.07, 6.45) is 46.0. The molecule has 0 fully saturated rings. The summed E-state index contributed by atoms with van der Waals surface area (Å²) in [5.74, 6) is 0.293. The number of rotatable bonds is 34. The number of carbonyl (C=O) groups excluding carboxylic acids is 2. The molecule has 5 heteroatoms. The van der Waals surface area contributed by atoms with E-state index in [2.05, 4.69) is 78.4 Å². The zero-order chi connectivity index (χ0) is 32.7. The van der Waals surface area contributed by atoms with Gasteiger partial charge in [-0.3, -0.25) is 9.59 Å². The molecule has 0 aromatic carbocycles. The van der Waals surface area contributed by atoms with E-state index in [9.17, 15) is 9.59 Å². The quantitative estimate of drug-likeness (QED) is 0.0491. The lowest BCUT2D eigenvalue weighted by atomic mass is 10.1. The number of allylic oxidation sites excluding steroid dienone is 8. The normalized spacial score (nSPS) is 12.0. The van der Waals surface area contributed by atoms with Gasteiger partial charge in [0.2, 0.25) is 11.8 Å². The Morgan fingerprint density at radius 3 is 1.11 bits per heavy atom. The highest BCUT2D eigenvalue weighted by molar-refractivity contribution is 5.76. The Morgan fingerprint density at radius 1 is 0.400 bits per heavy atom. The molecule has 2 amide bonds. The molecule has 0 aromatic rings. The van der Waals surface area contributed by atoms with Gasteiger partial charge in [0.15, 0.2) is 0 Å². The summed E-state index contributed by atoms with van der Waals surface area (Å²) in [6.45, 7) is 7.23. The van der Waals surface area contributed by atoms with Crippen LogP contribution in [-0.4, -0.2) is 38.0 Å². The number of amides is 2. The van der Waals surface area contributed by atoms with Crippen molar-refractivity contribution in [2.75, 3.05) is 26.2 Å². The van der Waals surface area contributed by atoms with Crippen molar-refractivity contribution in [2.45, 2.75) is 168 Å².